The minimum Gasteiger partial charge on any atom is -0.273 e. The summed E-state index contributed by atoms with van der Waals surface area (Å²) in [5.41, 5.74) is 1.76. The highest BCUT2D eigenvalue weighted by Crippen LogP contribution is 2.04. The molecule has 0 aliphatic rings. The lowest BCUT2D eigenvalue weighted by atomic mass is 10.3. The maximum absolute atomic E-state index is 11.5. The standard InChI is InChI=1S/C9H13ClN2O/c1-7-6-8(2)12(11-7)9(13)4-3-5-10/h6H,3-5H2,1-2H3. The van der Waals surface area contributed by atoms with Crippen molar-refractivity contribution in [2.75, 3.05) is 5.88 Å². The molecular weight excluding hydrogens is 188 g/mol. The number of carbonyl (C=O) groups excluding carboxylic acids is 1. The first-order chi connectivity index (χ1) is 6.15. The number of aryl methyl sites for hydroxylation is 2. The molecule has 0 saturated carbocycles. The van der Waals surface area contributed by atoms with Crippen molar-refractivity contribution in [3.8, 4) is 0 Å². The van der Waals surface area contributed by atoms with E-state index in [1.54, 1.807) is 0 Å². The van der Waals surface area contributed by atoms with Crippen molar-refractivity contribution in [2.24, 2.45) is 0 Å². The predicted octanol–water partition coefficient (Wildman–Crippen LogP) is 2.16. The Morgan fingerprint density at radius 2 is 2.31 bits per heavy atom. The highest BCUT2D eigenvalue weighted by molar-refractivity contribution is 6.17. The molecule has 0 fully saturated rings. The predicted molar refractivity (Wildman–Crippen MR) is 52.3 cm³/mol. The summed E-state index contributed by atoms with van der Waals surface area (Å²) in [5, 5.41) is 4.09. The molecule has 1 aromatic rings. The molecule has 0 N–H and O–H groups in total. The smallest absolute Gasteiger partial charge is 0.247 e. The van der Waals surface area contributed by atoms with Gasteiger partial charge in [0.25, 0.3) is 0 Å². The zero-order chi connectivity index (χ0) is 9.84. The Morgan fingerprint density at radius 3 is 2.77 bits per heavy atom. The zero-order valence-corrected chi connectivity index (χ0v) is 8.64. The molecule has 72 valence electrons. The van der Waals surface area contributed by atoms with Crippen LogP contribution in [0.1, 0.15) is 29.0 Å². The van der Waals surface area contributed by atoms with Crippen LogP contribution in [0.5, 0.6) is 0 Å². The number of carbonyl (C=O) groups is 1. The number of hydrogen-bond donors (Lipinski definition) is 0. The van der Waals surface area contributed by atoms with Crippen molar-refractivity contribution in [3.63, 3.8) is 0 Å². The Balaban J connectivity index is 2.70. The van der Waals surface area contributed by atoms with Gasteiger partial charge in [0.05, 0.1) is 5.69 Å². The van der Waals surface area contributed by atoms with Crippen LogP contribution in [0.2, 0.25) is 0 Å². The van der Waals surface area contributed by atoms with E-state index in [1.807, 2.05) is 19.9 Å². The van der Waals surface area contributed by atoms with Crippen LogP contribution in [-0.2, 0) is 0 Å². The van der Waals surface area contributed by atoms with Gasteiger partial charge in [-0.15, -0.1) is 11.6 Å². The number of nitrogens with zero attached hydrogens (tertiary/aromatic N) is 2. The summed E-state index contributed by atoms with van der Waals surface area (Å²) in [6.45, 7) is 3.75. The second kappa shape index (κ2) is 4.42. The molecule has 1 heterocycles. The summed E-state index contributed by atoms with van der Waals surface area (Å²) in [4.78, 5) is 11.5. The number of hydrogen-bond acceptors (Lipinski definition) is 2. The van der Waals surface area contributed by atoms with Gasteiger partial charge >= 0.3 is 0 Å². The maximum Gasteiger partial charge on any atom is 0.247 e. The highest BCUT2D eigenvalue weighted by Gasteiger charge is 2.08. The molecule has 13 heavy (non-hydrogen) atoms. The average Bonchev–Trinajstić information content (AvgIpc) is 2.41. The van der Waals surface area contributed by atoms with Gasteiger partial charge in [0.15, 0.2) is 0 Å². The normalized spacial score (nSPS) is 10.4. The van der Waals surface area contributed by atoms with Crippen molar-refractivity contribution in [3.05, 3.63) is 17.5 Å². The molecule has 4 heteroatoms. The van der Waals surface area contributed by atoms with E-state index in [9.17, 15) is 4.79 Å². The molecule has 0 atom stereocenters. The molecule has 0 aliphatic heterocycles. The quantitative estimate of drug-likeness (QED) is 0.701. The largest absolute Gasteiger partial charge is 0.273 e. The van der Waals surface area contributed by atoms with E-state index in [2.05, 4.69) is 5.10 Å². The Kier molecular flexibility index (Phi) is 3.48. The number of halogens is 1. The fraction of sp³-hybridized carbons (Fsp3) is 0.556. The van der Waals surface area contributed by atoms with Crippen molar-refractivity contribution in [1.29, 1.82) is 0 Å². The van der Waals surface area contributed by atoms with Crippen LogP contribution in [0.4, 0.5) is 0 Å². The number of aromatic nitrogens is 2. The Labute approximate surface area is 82.7 Å². The van der Waals surface area contributed by atoms with Crippen molar-refractivity contribution < 1.29 is 4.79 Å². The molecule has 0 radical (unpaired) electrons. The van der Waals surface area contributed by atoms with Gasteiger partial charge in [-0.05, 0) is 26.3 Å². The van der Waals surface area contributed by atoms with Crippen LogP contribution in [0.25, 0.3) is 0 Å². The van der Waals surface area contributed by atoms with Gasteiger partial charge in [0, 0.05) is 18.0 Å². The van der Waals surface area contributed by atoms with Crippen LogP contribution >= 0.6 is 11.6 Å². The van der Waals surface area contributed by atoms with Crippen LogP contribution in [-0.4, -0.2) is 21.6 Å². The van der Waals surface area contributed by atoms with E-state index in [-0.39, 0.29) is 5.91 Å². The topological polar surface area (TPSA) is 34.9 Å². The first-order valence-corrected chi connectivity index (χ1v) is 4.81. The first kappa shape index (κ1) is 10.3. The maximum atomic E-state index is 11.5. The van der Waals surface area contributed by atoms with Gasteiger partial charge in [-0.3, -0.25) is 4.79 Å². The third-order valence-electron chi connectivity index (χ3n) is 1.77. The molecule has 0 aromatic carbocycles. The number of rotatable bonds is 3. The summed E-state index contributed by atoms with van der Waals surface area (Å²) in [6.07, 6.45) is 1.17. The first-order valence-electron chi connectivity index (χ1n) is 4.27. The third-order valence-corrected chi connectivity index (χ3v) is 2.04. The zero-order valence-electron chi connectivity index (χ0n) is 7.88. The Morgan fingerprint density at radius 1 is 1.62 bits per heavy atom. The van der Waals surface area contributed by atoms with Gasteiger partial charge in [-0.1, -0.05) is 0 Å². The van der Waals surface area contributed by atoms with E-state index in [0.29, 0.717) is 18.7 Å². The lowest BCUT2D eigenvalue weighted by molar-refractivity contribution is 0.0883. The lowest BCUT2D eigenvalue weighted by Gasteiger charge is -2.00. The highest BCUT2D eigenvalue weighted by atomic mass is 35.5. The summed E-state index contributed by atoms with van der Waals surface area (Å²) in [6, 6.07) is 1.89. The monoisotopic (exact) mass is 200 g/mol. The van der Waals surface area contributed by atoms with Crippen LogP contribution in [0.15, 0.2) is 6.07 Å². The SMILES string of the molecule is Cc1cc(C)n(C(=O)CCCCl)n1. The molecular formula is C9H13ClN2O. The molecule has 0 amide bonds. The van der Waals surface area contributed by atoms with Crippen molar-refractivity contribution in [2.45, 2.75) is 26.7 Å². The van der Waals surface area contributed by atoms with Crippen molar-refractivity contribution >= 4 is 17.5 Å². The summed E-state index contributed by atoms with van der Waals surface area (Å²) in [7, 11) is 0. The van der Waals surface area contributed by atoms with Gasteiger partial charge in [-0.25, -0.2) is 4.68 Å². The molecule has 0 unspecified atom stereocenters. The molecule has 0 saturated heterocycles. The van der Waals surface area contributed by atoms with Crippen LogP contribution < -0.4 is 0 Å². The minimum absolute atomic E-state index is 0.0197. The fourth-order valence-corrected chi connectivity index (χ4v) is 1.34. The molecule has 1 aromatic heterocycles. The van der Waals surface area contributed by atoms with E-state index in [1.165, 1.54) is 4.68 Å². The second-order valence-electron chi connectivity index (χ2n) is 3.03. The van der Waals surface area contributed by atoms with E-state index in [0.717, 1.165) is 11.4 Å². The molecule has 0 spiro atoms. The average molecular weight is 201 g/mol. The molecule has 1 rings (SSSR count). The summed E-state index contributed by atoms with van der Waals surface area (Å²) < 4.78 is 1.45. The fourth-order valence-electron chi connectivity index (χ4n) is 1.21. The second-order valence-corrected chi connectivity index (χ2v) is 3.40. The van der Waals surface area contributed by atoms with Gasteiger partial charge in [0.2, 0.25) is 5.91 Å². The van der Waals surface area contributed by atoms with E-state index in [4.69, 9.17) is 11.6 Å². The minimum atomic E-state index is 0.0197. The Hall–Kier alpha value is -0.830. The lowest BCUT2D eigenvalue weighted by Crippen LogP contribution is -2.13. The molecule has 0 bridgehead atoms. The molecule has 3 nitrogen and oxygen atoms in total. The Bertz CT molecular complexity index is 307. The summed E-state index contributed by atoms with van der Waals surface area (Å²) in [5.74, 6) is 0.539. The van der Waals surface area contributed by atoms with E-state index < -0.39 is 0 Å². The number of alkyl halides is 1. The molecule has 0 aliphatic carbocycles. The van der Waals surface area contributed by atoms with E-state index >= 15 is 0 Å². The van der Waals surface area contributed by atoms with Gasteiger partial charge in [0.1, 0.15) is 0 Å². The van der Waals surface area contributed by atoms with Crippen molar-refractivity contribution in [1.82, 2.24) is 9.78 Å². The van der Waals surface area contributed by atoms with Crippen LogP contribution in [0, 0.1) is 13.8 Å². The van der Waals surface area contributed by atoms with Gasteiger partial charge < -0.3 is 0 Å². The summed E-state index contributed by atoms with van der Waals surface area (Å²) >= 11 is 5.50. The third kappa shape index (κ3) is 2.56. The van der Waals surface area contributed by atoms with Crippen LogP contribution in [0.3, 0.4) is 0 Å². The van der Waals surface area contributed by atoms with Gasteiger partial charge in [-0.2, -0.15) is 5.10 Å².